The van der Waals surface area contributed by atoms with Crippen LogP contribution < -0.4 is 5.56 Å². The fraction of sp³-hybridized carbons (Fsp3) is 0.333. The minimum absolute atomic E-state index is 0.00693. The third-order valence-corrected chi connectivity index (χ3v) is 6.17. The van der Waals surface area contributed by atoms with Crippen LogP contribution in [0.3, 0.4) is 0 Å². The zero-order valence-electron chi connectivity index (χ0n) is 13.2. The van der Waals surface area contributed by atoms with Crippen LogP contribution in [0.1, 0.15) is 25.6 Å². The van der Waals surface area contributed by atoms with Crippen molar-refractivity contribution in [1.29, 1.82) is 0 Å². The normalized spacial score (nSPS) is 11.8. The van der Waals surface area contributed by atoms with Crippen molar-refractivity contribution in [2.24, 2.45) is 7.05 Å². The zero-order chi connectivity index (χ0) is 16.9. The number of fused-ring (bicyclic) bond motifs is 1. The molecule has 3 heterocycles. The first-order valence-electron chi connectivity index (χ1n) is 7.11. The van der Waals surface area contributed by atoms with Gasteiger partial charge in [0.2, 0.25) is 0 Å². The lowest BCUT2D eigenvalue weighted by Crippen LogP contribution is -2.17. The Morgan fingerprint density at radius 1 is 1.35 bits per heavy atom. The molecule has 0 saturated heterocycles. The molecule has 5 nitrogen and oxygen atoms in total. The van der Waals surface area contributed by atoms with Gasteiger partial charge in [-0.1, -0.05) is 0 Å². The van der Waals surface area contributed by atoms with E-state index in [-0.39, 0.29) is 5.56 Å². The summed E-state index contributed by atoms with van der Waals surface area (Å²) in [5.41, 5.74) is 3.68. The number of aryl methyl sites for hydroxylation is 2. The van der Waals surface area contributed by atoms with Gasteiger partial charge in [-0.3, -0.25) is 13.4 Å². The monoisotopic (exact) mass is 506 g/mol. The molecule has 0 saturated carbocycles. The standard InChI is InChI=1S/C15H16BrIN4OS/c1-8(2)20-6-11(9(3)18-20)13-5-10-12(16)7-19(4)15(22)14(10)21(13)23-17/h5-8H,1-4H3. The van der Waals surface area contributed by atoms with Crippen molar-refractivity contribution in [3.8, 4) is 11.3 Å². The van der Waals surface area contributed by atoms with E-state index in [0.717, 1.165) is 26.8 Å². The van der Waals surface area contributed by atoms with Crippen LogP contribution >= 0.6 is 46.3 Å². The van der Waals surface area contributed by atoms with Crippen LogP contribution in [0.25, 0.3) is 22.2 Å². The van der Waals surface area contributed by atoms with E-state index in [1.807, 2.05) is 15.6 Å². The minimum atomic E-state index is -0.00693. The Balaban J connectivity index is 2.37. The van der Waals surface area contributed by atoms with Gasteiger partial charge in [-0.2, -0.15) is 5.10 Å². The molecule has 0 bridgehead atoms. The first-order chi connectivity index (χ1) is 10.8. The summed E-state index contributed by atoms with van der Waals surface area (Å²) in [5.74, 6) is 0. The van der Waals surface area contributed by atoms with Gasteiger partial charge in [-0.15, -0.1) is 0 Å². The van der Waals surface area contributed by atoms with Crippen molar-refractivity contribution in [2.45, 2.75) is 26.8 Å². The average molecular weight is 507 g/mol. The van der Waals surface area contributed by atoms with E-state index in [2.05, 4.69) is 68.3 Å². The number of hydrogen-bond donors (Lipinski definition) is 0. The predicted octanol–water partition coefficient (Wildman–Crippen LogP) is 4.70. The van der Waals surface area contributed by atoms with Crippen LogP contribution in [0.5, 0.6) is 0 Å². The Kier molecular flexibility index (Phi) is 4.67. The van der Waals surface area contributed by atoms with Gasteiger partial charge in [0.15, 0.2) is 0 Å². The summed E-state index contributed by atoms with van der Waals surface area (Å²) in [4.78, 5) is 12.6. The molecule has 0 amide bonds. The summed E-state index contributed by atoms with van der Waals surface area (Å²) in [7, 11) is 3.27. The highest BCUT2D eigenvalue weighted by atomic mass is 127. The highest BCUT2D eigenvalue weighted by Gasteiger charge is 2.20. The molecule has 0 aliphatic carbocycles. The van der Waals surface area contributed by atoms with Crippen molar-refractivity contribution < 1.29 is 0 Å². The Labute approximate surface area is 158 Å². The number of nitrogens with zero attached hydrogens (tertiary/aromatic N) is 4. The second kappa shape index (κ2) is 6.29. The largest absolute Gasteiger partial charge is 0.316 e. The van der Waals surface area contributed by atoms with Gasteiger partial charge >= 0.3 is 0 Å². The van der Waals surface area contributed by atoms with Gasteiger partial charge in [-0.05, 0) is 42.8 Å². The molecule has 0 N–H and O–H groups in total. The van der Waals surface area contributed by atoms with E-state index in [9.17, 15) is 4.79 Å². The molecule has 122 valence electrons. The number of hydrogen-bond acceptors (Lipinski definition) is 3. The van der Waals surface area contributed by atoms with Crippen LogP contribution in [0.4, 0.5) is 0 Å². The number of rotatable bonds is 3. The van der Waals surface area contributed by atoms with Gasteiger partial charge < -0.3 is 4.57 Å². The molecule has 3 rings (SSSR count). The van der Waals surface area contributed by atoms with Gasteiger partial charge in [0.25, 0.3) is 5.56 Å². The average Bonchev–Trinajstić information content (AvgIpc) is 3.05. The lowest BCUT2D eigenvalue weighted by molar-refractivity contribution is 0.529. The maximum Gasteiger partial charge on any atom is 0.275 e. The fourth-order valence-electron chi connectivity index (χ4n) is 2.60. The van der Waals surface area contributed by atoms with E-state index < -0.39 is 0 Å². The van der Waals surface area contributed by atoms with E-state index in [0.29, 0.717) is 11.6 Å². The van der Waals surface area contributed by atoms with Crippen molar-refractivity contribution in [3.05, 3.63) is 39.0 Å². The molecule has 0 aliphatic heterocycles. The van der Waals surface area contributed by atoms with Crippen molar-refractivity contribution >= 4 is 57.2 Å². The Morgan fingerprint density at radius 2 is 2.04 bits per heavy atom. The SMILES string of the molecule is Cc1nn(C(C)C)cc1-c1cc2c(Br)cn(C)c(=O)c2n1SI. The number of aromatic nitrogens is 4. The molecule has 0 aromatic carbocycles. The molecule has 8 heteroatoms. The van der Waals surface area contributed by atoms with Crippen LogP contribution in [0.2, 0.25) is 0 Å². The lowest BCUT2D eigenvalue weighted by atomic mass is 10.2. The lowest BCUT2D eigenvalue weighted by Gasteiger charge is -2.06. The third-order valence-electron chi connectivity index (χ3n) is 3.84. The van der Waals surface area contributed by atoms with Crippen molar-refractivity contribution in [3.63, 3.8) is 0 Å². The summed E-state index contributed by atoms with van der Waals surface area (Å²) in [6, 6.07) is 2.35. The second-order valence-corrected chi connectivity index (χ2v) is 8.29. The molecule has 0 spiro atoms. The summed E-state index contributed by atoms with van der Waals surface area (Å²) in [6.45, 7) is 6.21. The molecule has 0 fully saturated rings. The number of pyridine rings is 1. The van der Waals surface area contributed by atoms with Gasteiger partial charge in [0.1, 0.15) is 5.52 Å². The second-order valence-electron chi connectivity index (χ2n) is 5.75. The molecular weight excluding hydrogens is 491 g/mol. The zero-order valence-corrected chi connectivity index (χ0v) is 17.7. The van der Waals surface area contributed by atoms with Crippen LogP contribution in [-0.4, -0.2) is 18.3 Å². The van der Waals surface area contributed by atoms with E-state index in [1.54, 1.807) is 17.8 Å². The van der Waals surface area contributed by atoms with Crippen molar-refractivity contribution in [2.75, 3.05) is 0 Å². The van der Waals surface area contributed by atoms with E-state index in [1.165, 1.54) is 9.12 Å². The minimum Gasteiger partial charge on any atom is -0.316 e. The topological polar surface area (TPSA) is 44.8 Å². The summed E-state index contributed by atoms with van der Waals surface area (Å²) in [6.07, 6.45) is 3.86. The first-order valence-corrected chi connectivity index (χ1v) is 11.2. The van der Waals surface area contributed by atoms with Crippen LogP contribution in [-0.2, 0) is 7.05 Å². The molecule has 23 heavy (non-hydrogen) atoms. The molecule has 0 atom stereocenters. The third kappa shape index (κ3) is 2.78. The Morgan fingerprint density at radius 3 is 2.61 bits per heavy atom. The highest BCUT2D eigenvalue weighted by molar-refractivity contribution is 14.2. The molecule has 3 aromatic rings. The summed E-state index contributed by atoms with van der Waals surface area (Å²) >= 11 is 5.78. The maximum atomic E-state index is 12.6. The molecule has 0 unspecified atom stereocenters. The smallest absolute Gasteiger partial charge is 0.275 e. The van der Waals surface area contributed by atoms with Gasteiger partial charge in [-0.25, -0.2) is 0 Å². The predicted molar refractivity (Wildman–Crippen MR) is 108 cm³/mol. The Hall–Kier alpha value is -0.740. The van der Waals surface area contributed by atoms with Gasteiger partial charge in [0.05, 0.1) is 11.4 Å². The Bertz CT molecular complexity index is 957. The number of halogens is 2. The summed E-state index contributed by atoms with van der Waals surface area (Å²) < 4.78 is 6.45. The van der Waals surface area contributed by atoms with E-state index in [4.69, 9.17) is 0 Å². The van der Waals surface area contributed by atoms with Crippen LogP contribution in [0, 0.1) is 6.92 Å². The quantitative estimate of drug-likeness (QED) is 0.483. The van der Waals surface area contributed by atoms with E-state index >= 15 is 0 Å². The van der Waals surface area contributed by atoms with Gasteiger partial charge in [0, 0.05) is 71.2 Å². The highest BCUT2D eigenvalue weighted by Crippen LogP contribution is 2.37. The molecule has 0 aliphatic rings. The first kappa shape index (κ1) is 17.1. The molecular formula is C15H16BrIN4OS. The maximum absolute atomic E-state index is 12.6. The van der Waals surface area contributed by atoms with Crippen LogP contribution in [0.15, 0.2) is 27.7 Å². The summed E-state index contributed by atoms with van der Waals surface area (Å²) in [5, 5.41) is 5.51. The molecule has 3 aromatic heterocycles. The fourth-order valence-corrected chi connectivity index (χ4v) is 4.91. The van der Waals surface area contributed by atoms with Crippen molar-refractivity contribution in [1.82, 2.24) is 18.3 Å². The molecule has 0 radical (unpaired) electrons.